The average molecular weight is 276 g/mol. The van der Waals surface area contributed by atoms with E-state index in [1.165, 1.54) is 18.2 Å². The van der Waals surface area contributed by atoms with E-state index in [9.17, 15) is 14.9 Å². The first-order chi connectivity index (χ1) is 9.47. The lowest BCUT2D eigenvalue weighted by Gasteiger charge is -2.04. The first-order valence-electron chi connectivity index (χ1n) is 5.71. The Morgan fingerprint density at radius 3 is 2.85 bits per heavy atom. The second-order valence-corrected chi connectivity index (χ2v) is 4.15. The molecule has 0 radical (unpaired) electrons. The summed E-state index contributed by atoms with van der Waals surface area (Å²) in [4.78, 5) is 22.2. The van der Waals surface area contributed by atoms with Crippen LogP contribution in [0.3, 0.4) is 0 Å². The molecule has 2 rings (SSSR count). The van der Waals surface area contributed by atoms with Crippen molar-refractivity contribution in [3.05, 3.63) is 51.4 Å². The Balaban J connectivity index is 2.16. The first kappa shape index (κ1) is 13.5. The Hall–Kier alpha value is -2.90. The van der Waals surface area contributed by atoms with Gasteiger partial charge in [0.25, 0.3) is 11.6 Å². The van der Waals surface area contributed by atoms with Gasteiger partial charge in [0.05, 0.1) is 17.2 Å². The van der Waals surface area contributed by atoms with Crippen LogP contribution in [0.1, 0.15) is 21.8 Å². The molecular weight excluding hydrogens is 264 g/mol. The van der Waals surface area contributed by atoms with Crippen LogP contribution in [-0.2, 0) is 6.54 Å². The van der Waals surface area contributed by atoms with E-state index in [0.29, 0.717) is 11.5 Å². The lowest BCUT2D eigenvalue weighted by atomic mass is 10.1. The van der Waals surface area contributed by atoms with Crippen molar-refractivity contribution in [3.8, 4) is 0 Å². The predicted octanol–water partition coefficient (Wildman–Crippen LogP) is 1.40. The zero-order valence-electron chi connectivity index (χ0n) is 10.6. The van der Waals surface area contributed by atoms with Crippen molar-refractivity contribution >= 4 is 17.3 Å². The maximum atomic E-state index is 12.0. The number of aromatic nitrogens is 1. The molecule has 8 nitrogen and oxygen atoms in total. The topological polar surface area (TPSA) is 124 Å². The lowest BCUT2D eigenvalue weighted by molar-refractivity contribution is -0.385. The number of aryl methyl sites for hydroxylation is 1. The maximum Gasteiger partial charge on any atom is 0.282 e. The van der Waals surface area contributed by atoms with E-state index in [0.717, 1.165) is 0 Å². The van der Waals surface area contributed by atoms with Crippen molar-refractivity contribution in [2.45, 2.75) is 13.5 Å². The van der Waals surface area contributed by atoms with E-state index in [4.69, 9.17) is 10.3 Å². The summed E-state index contributed by atoms with van der Waals surface area (Å²) in [7, 11) is 0. The van der Waals surface area contributed by atoms with Crippen LogP contribution in [-0.4, -0.2) is 16.0 Å². The smallest absolute Gasteiger partial charge is 0.282 e. The van der Waals surface area contributed by atoms with E-state index < -0.39 is 10.8 Å². The SMILES string of the molecule is Cc1cc(CNC(=O)c2cc(N)ccc2[N+](=O)[O-])on1. The Labute approximate surface area is 113 Å². The monoisotopic (exact) mass is 276 g/mol. The molecule has 104 valence electrons. The highest BCUT2D eigenvalue weighted by Crippen LogP contribution is 2.21. The van der Waals surface area contributed by atoms with Crippen LogP contribution < -0.4 is 11.1 Å². The molecule has 0 fully saturated rings. The molecule has 0 bridgehead atoms. The van der Waals surface area contributed by atoms with Crippen LogP contribution in [0.2, 0.25) is 0 Å². The summed E-state index contributed by atoms with van der Waals surface area (Å²) < 4.78 is 4.93. The Bertz CT molecular complexity index is 665. The minimum absolute atomic E-state index is 0.0889. The minimum Gasteiger partial charge on any atom is -0.399 e. The van der Waals surface area contributed by atoms with Gasteiger partial charge in [-0.05, 0) is 19.1 Å². The zero-order valence-corrected chi connectivity index (χ0v) is 10.6. The number of carbonyl (C=O) groups is 1. The number of amides is 1. The molecule has 1 amide bonds. The number of carbonyl (C=O) groups excluding carboxylic acids is 1. The van der Waals surface area contributed by atoms with Gasteiger partial charge < -0.3 is 15.6 Å². The van der Waals surface area contributed by atoms with Crippen molar-refractivity contribution in [2.75, 3.05) is 5.73 Å². The maximum absolute atomic E-state index is 12.0. The molecule has 2 aromatic rings. The summed E-state index contributed by atoms with van der Waals surface area (Å²) in [6.45, 7) is 1.84. The molecule has 0 saturated heterocycles. The van der Waals surface area contributed by atoms with Crippen LogP contribution in [0.4, 0.5) is 11.4 Å². The first-order valence-corrected chi connectivity index (χ1v) is 5.71. The fourth-order valence-corrected chi connectivity index (χ4v) is 1.66. The second kappa shape index (κ2) is 5.39. The third kappa shape index (κ3) is 2.91. The molecule has 8 heteroatoms. The van der Waals surface area contributed by atoms with Gasteiger partial charge in [0.1, 0.15) is 5.56 Å². The summed E-state index contributed by atoms with van der Waals surface area (Å²) in [6.07, 6.45) is 0. The van der Waals surface area contributed by atoms with Crippen molar-refractivity contribution in [2.24, 2.45) is 0 Å². The number of hydrogen-bond acceptors (Lipinski definition) is 6. The number of nitrogens with two attached hydrogens (primary N) is 1. The van der Waals surface area contributed by atoms with E-state index >= 15 is 0 Å². The van der Waals surface area contributed by atoms with E-state index in [-0.39, 0.29) is 23.5 Å². The molecule has 0 saturated carbocycles. The number of nitrogens with one attached hydrogen (secondary N) is 1. The summed E-state index contributed by atoms with van der Waals surface area (Å²) >= 11 is 0. The number of nitrogens with zero attached hydrogens (tertiary/aromatic N) is 2. The predicted molar refractivity (Wildman–Crippen MR) is 69.9 cm³/mol. The van der Waals surface area contributed by atoms with Gasteiger partial charge in [-0.25, -0.2) is 0 Å². The van der Waals surface area contributed by atoms with Gasteiger partial charge in [-0.3, -0.25) is 14.9 Å². The minimum atomic E-state index is -0.632. The zero-order chi connectivity index (χ0) is 14.7. The molecular formula is C12H12N4O4. The van der Waals surface area contributed by atoms with E-state index in [1.807, 2.05) is 0 Å². The molecule has 0 aliphatic heterocycles. The average Bonchev–Trinajstić information content (AvgIpc) is 2.81. The van der Waals surface area contributed by atoms with Gasteiger partial charge in [0.2, 0.25) is 0 Å². The van der Waals surface area contributed by atoms with Crippen molar-refractivity contribution < 1.29 is 14.2 Å². The number of rotatable bonds is 4. The Kier molecular flexibility index (Phi) is 3.65. The lowest BCUT2D eigenvalue weighted by Crippen LogP contribution is -2.23. The fraction of sp³-hybridized carbons (Fsp3) is 0.167. The number of benzene rings is 1. The van der Waals surface area contributed by atoms with Crippen LogP contribution in [0.15, 0.2) is 28.8 Å². The largest absolute Gasteiger partial charge is 0.399 e. The van der Waals surface area contributed by atoms with Crippen LogP contribution in [0, 0.1) is 17.0 Å². The molecule has 0 aliphatic carbocycles. The molecule has 3 N–H and O–H groups in total. The fourth-order valence-electron chi connectivity index (χ4n) is 1.66. The van der Waals surface area contributed by atoms with Gasteiger partial charge in [-0.15, -0.1) is 0 Å². The van der Waals surface area contributed by atoms with Gasteiger partial charge in [-0.1, -0.05) is 5.16 Å². The molecule has 20 heavy (non-hydrogen) atoms. The highest BCUT2D eigenvalue weighted by Gasteiger charge is 2.20. The van der Waals surface area contributed by atoms with Crippen LogP contribution >= 0.6 is 0 Å². The Morgan fingerprint density at radius 2 is 2.25 bits per heavy atom. The normalized spacial score (nSPS) is 10.2. The van der Waals surface area contributed by atoms with Gasteiger partial charge in [0.15, 0.2) is 5.76 Å². The summed E-state index contributed by atoms with van der Waals surface area (Å²) in [5, 5.41) is 17.1. The standard InChI is InChI=1S/C12H12N4O4/c1-7-4-9(20-15-7)6-14-12(17)10-5-8(13)2-3-11(10)16(18)19/h2-5H,6,13H2,1H3,(H,14,17). The summed E-state index contributed by atoms with van der Waals surface area (Å²) in [5.74, 6) is -0.138. The highest BCUT2D eigenvalue weighted by atomic mass is 16.6. The second-order valence-electron chi connectivity index (χ2n) is 4.15. The van der Waals surface area contributed by atoms with Gasteiger partial charge in [0, 0.05) is 17.8 Å². The van der Waals surface area contributed by atoms with Crippen LogP contribution in [0.25, 0.3) is 0 Å². The van der Waals surface area contributed by atoms with E-state index in [1.54, 1.807) is 13.0 Å². The quantitative estimate of drug-likeness (QED) is 0.494. The van der Waals surface area contributed by atoms with Crippen molar-refractivity contribution in [3.63, 3.8) is 0 Å². The van der Waals surface area contributed by atoms with Gasteiger partial charge in [-0.2, -0.15) is 0 Å². The summed E-state index contributed by atoms with van der Waals surface area (Å²) in [6, 6.07) is 5.49. The van der Waals surface area contributed by atoms with E-state index in [2.05, 4.69) is 10.5 Å². The third-order valence-electron chi connectivity index (χ3n) is 2.56. The molecule has 1 heterocycles. The van der Waals surface area contributed by atoms with Crippen LogP contribution in [0.5, 0.6) is 0 Å². The number of anilines is 1. The Morgan fingerprint density at radius 1 is 1.50 bits per heavy atom. The number of nitrogen functional groups attached to an aromatic ring is 1. The highest BCUT2D eigenvalue weighted by molar-refractivity contribution is 5.98. The molecule has 0 unspecified atom stereocenters. The molecule has 1 aromatic heterocycles. The molecule has 1 aromatic carbocycles. The van der Waals surface area contributed by atoms with Gasteiger partial charge >= 0.3 is 0 Å². The molecule has 0 atom stereocenters. The number of nitro groups is 1. The third-order valence-corrected chi connectivity index (χ3v) is 2.56. The van der Waals surface area contributed by atoms with Crippen molar-refractivity contribution in [1.82, 2.24) is 10.5 Å². The molecule has 0 spiro atoms. The number of nitro benzene ring substituents is 1. The summed E-state index contributed by atoms with van der Waals surface area (Å²) in [5.41, 5.74) is 6.11. The van der Waals surface area contributed by atoms with Crippen molar-refractivity contribution in [1.29, 1.82) is 0 Å². The number of hydrogen-bond donors (Lipinski definition) is 2. The molecule has 0 aliphatic rings.